The summed E-state index contributed by atoms with van der Waals surface area (Å²) >= 11 is 0.682. The van der Waals surface area contributed by atoms with Crippen LogP contribution in [0.5, 0.6) is 11.5 Å². The fourth-order valence-electron chi connectivity index (χ4n) is 2.40. The van der Waals surface area contributed by atoms with Gasteiger partial charge in [-0.3, -0.25) is 10.1 Å². The second kappa shape index (κ2) is 10.1. The molecule has 11 nitrogen and oxygen atoms in total. The number of nitrogens with one attached hydrogen (secondary N) is 1. The number of carbonyl (C=O) groups is 2. The summed E-state index contributed by atoms with van der Waals surface area (Å²) in [5.74, 6) is -1.41. The number of sulfone groups is 1. The van der Waals surface area contributed by atoms with Gasteiger partial charge in [-0.15, -0.1) is 0 Å². The molecule has 0 saturated heterocycles. The average molecular weight is 489 g/mol. The Morgan fingerprint density at radius 2 is 2.09 bits per heavy atom. The van der Waals surface area contributed by atoms with E-state index in [0.717, 1.165) is 0 Å². The Morgan fingerprint density at radius 1 is 1.30 bits per heavy atom. The Bertz CT molecular complexity index is 1350. The molecule has 1 amide bonds. The molecule has 0 aliphatic heterocycles. The van der Waals surface area contributed by atoms with E-state index in [1.54, 1.807) is 12.1 Å². The fraction of sp³-hybridized carbons (Fsp3) is 0.150. The summed E-state index contributed by atoms with van der Waals surface area (Å²) in [6.07, 6.45) is 2.61. The molecule has 13 heteroatoms. The van der Waals surface area contributed by atoms with E-state index >= 15 is 0 Å². The van der Waals surface area contributed by atoms with Crippen LogP contribution < -0.4 is 14.8 Å². The molecular weight excluding hydrogens is 472 g/mol. The number of carbonyl (C=O) groups excluding carboxylic acids is 2. The van der Waals surface area contributed by atoms with E-state index in [1.165, 1.54) is 50.6 Å². The van der Waals surface area contributed by atoms with Crippen molar-refractivity contribution >= 4 is 44.5 Å². The molecule has 0 spiro atoms. The van der Waals surface area contributed by atoms with Crippen molar-refractivity contribution in [1.82, 2.24) is 9.36 Å². The largest absolute Gasteiger partial charge is 0.493 e. The number of amides is 1. The zero-order valence-electron chi connectivity index (χ0n) is 17.3. The highest BCUT2D eigenvalue weighted by molar-refractivity contribution is 7.91. The molecule has 2 heterocycles. The van der Waals surface area contributed by atoms with E-state index in [-0.39, 0.29) is 33.7 Å². The highest BCUT2D eigenvalue weighted by atomic mass is 32.2. The Labute approximate surface area is 192 Å². The van der Waals surface area contributed by atoms with Gasteiger partial charge in [0.2, 0.25) is 20.7 Å². The quantitative estimate of drug-likeness (QED) is 0.216. The van der Waals surface area contributed by atoms with Crippen LogP contribution in [0.25, 0.3) is 6.08 Å². The Morgan fingerprint density at radius 3 is 2.73 bits per heavy atom. The van der Waals surface area contributed by atoms with Crippen LogP contribution in [-0.4, -0.2) is 42.5 Å². The van der Waals surface area contributed by atoms with E-state index < -0.39 is 26.9 Å². The van der Waals surface area contributed by atoms with E-state index in [4.69, 9.17) is 13.9 Å². The molecule has 1 aromatic carbocycles. The van der Waals surface area contributed by atoms with Crippen molar-refractivity contribution in [3.63, 3.8) is 0 Å². The van der Waals surface area contributed by atoms with Crippen LogP contribution in [0.2, 0.25) is 0 Å². The lowest BCUT2D eigenvalue weighted by Gasteiger charge is -2.09. The van der Waals surface area contributed by atoms with Gasteiger partial charge in [-0.2, -0.15) is 14.6 Å². The third-order valence-electron chi connectivity index (χ3n) is 4.07. The molecule has 0 bridgehead atoms. The number of hydrogen-bond acceptors (Lipinski definition) is 11. The van der Waals surface area contributed by atoms with Crippen molar-refractivity contribution in [2.45, 2.75) is 12.1 Å². The van der Waals surface area contributed by atoms with Gasteiger partial charge in [-0.25, -0.2) is 13.2 Å². The summed E-state index contributed by atoms with van der Waals surface area (Å²) < 4.78 is 42.8. The fourth-order valence-corrected chi connectivity index (χ4v) is 3.98. The van der Waals surface area contributed by atoms with E-state index in [0.29, 0.717) is 17.1 Å². The van der Waals surface area contributed by atoms with Gasteiger partial charge in [0, 0.05) is 11.5 Å². The normalized spacial score (nSPS) is 11.5. The zero-order valence-corrected chi connectivity index (χ0v) is 18.9. The van der Waals surface area contributed by atoms with E-state index in [9.17, 15) is 23.3 Å². The summed E-state index contributed by atoms with van der Waals surface area (Å²) in [5, 5.41) is 11.3. The van der Waals surface area contributed by atoms with Crippen molar-refractivity contribution < 1.29 is 31.9 Å². The summed E-state index contributed by atoms with van der Waals surface area (Å²) in [7, 11) is -2.26. The van der Waals surface area contributed by atoms with Crippen LogP contribution in [0, 0.1) is 11.3 Å². The molecule has 33 heavy (non-hydrogen) atoms. The lowest BCUT2D eigenvalue weighted by atomic mass is 10.1. The Kier molecular flexibility index (Phi) is 7.21. The molecule has 0 atom stereocenters. The molecule has 0 radical (unpaired) electrons. The van der Waals surface area contributed by atoms with Gasteiger partial charge in [0.05, 0.1) is 19.1 Å². The summed E-state index contributed by atoms with van der Waals surface area (Å²) in [6, 6.07) is 9.17. The highest BCUT2D eigenvalue weighted by Gasteiger charge is 2.20. The number of nitrogens with zero attached hydrogens (tertiary/aromatic N) is 3. The summed E-state index contributed by atoms with van der Waals surface area (Å²) in [5.41, 5.74) is 0.121. The van der Waals surface area contributed by atoms with Crippen LogP contribution in [-0.2, 0) is 14.6 Å². The standard InChI is InChI=1S/C20H16N4O7S2/c1-3-33(27,28)20-23-19(32-24-20)22-17(25)13(11-21)9-12-6-7-14(16(10-12)29-2)31-18(26)15-5-4-8-30-15/h4-10H,3H2,1-2H3,(H,22,23,24,25). The number of esters is 1. The maximum absolute atomic E-state index is 12.5. The zero-order chi connectivity index (χ0) is 24.0. The smallest absolute Gasteiger partial charge is 0.379 e. The first-order chi connectivity index (χ1) is 15.8. The number of hydrogen-bond donors (Lipinski definition) is 1. The number of ether oxygens (including phenoxy) is 2. The van der Waals surface area contributed by atoms with Gasteiger partial charge < -0.3 is 13.9 Å². The first kappa shape index (κ1) is 23.6. The van der Waals surface area contributed by atoms with Crippen LogP contribution in [0.1, 0.15) is 23.0 Å². The molecule has 0 saturated carbocycles. The molecule has 3 aromatic rings. The Balaban J connectivity index is 1.78. The third kappa shape index (κ3) is 5.62. The van der Waals surface area contributed by atoms with Gasteiger partial charge >= 0.3 is 5.97 Å². The number of furan rings is 1. The first-order valence-corrected chi connectivity index (χ1v) is 11.6. The second-order valence-corrected chi connectivity index (χ2v) is 9.11. The highest BCUT2D eigenvalue weighted by Crippen LogP contribution is 2.30. The van der Waals surface area contributed by atoms with Crippen LogP contribution >= 0.6 is 11.5 Å². The van der Waals surface area contributed by atoms with Gasteiger partial charge in [-0.1, -0.05) is 13.0 Å². The third-order valence-corrected chi connectivity index (χ3v) is 6.32. The van der Waals surface area contributed by atoms with Gasteiger partial charge in [0.15, 0.2) is 11.5 Å². The molecule has 1 N–H and O–H groups in total. The summed E-state index contributed by atoms with van der Waals surface area (Å²) in [6.45, 7) is 1.45. The van der Waals surface area contributed by atoms with Crippen molar-refractivity contribution in [2.75, 3.05) is 18.2 Å². The van der Waals surface area contributed by atoms with Gasteiger partial charge in [0.1, 0.15) is 11.6 Å². The SMILES string of the molecule is CCS(=O)(=O)c1nsc(NC(=O)C(C#N)=Cc2ccc(OC(=O)c3ccco3)c(OC)c2)n1. The number of aromatic nitrogens is 2. The number of benzene rings is 1. The van der Waals surface area contributed by atoms with E-state index in [1.807, 2.05) is 0 Å². The van der Waals surface area contributed by atoms with Gasteiger partial charge in [0.25, 0.3) is 11.1 Å². The number of methoxy groups -OCH3 is 1. The van der Waals surface area contributed by atoms with Crippen LogP contribution in [0.4, 0.5) is 5.13 Å². The minimum absolute atomic E-state index is 0.0102. The van der Waals surface area contributed by atoms with Crippen LogP contribution in [0.3, 0.4) is 0 Å². The van der Waals surface area contributed by atoms with Crippen molar-refractivity contribution in [2.24, 2.45) is 0 Å². The molecule has 0 unspecified atom stereocenters. The van der Waals surface area contributed by atoms with E-state index in [2.05, 4.69) is 14.7 Å². The molecule has 0 aliphatic carbocycles. The maximum atomic E-state index is 12.5. The van der Waals surface area contributed by atoms with Crippen LogP contribution in [0.15, 0.2) is 51.7 Å². The molecule has 0 aliphatic rings. The molecule has 170 valence electrons. The average Bonchev–Trinajstić information content (AvgIpc) is 3.51. The minimum atomic E-state index is -3.62. The number of nitriles is 1. The monoisotopic (exact) mass is 488 g/mol. The lowest BCUT2D eigenvalue weighted by molar-refractivity contribution is -0.112. The lowest BCUT2D eigenvalue weighted by Crippen LogP contribution is -2.14. The predicted octanol–water partition coefficient (Wildman–Crippen LogP) is 2.70. The van der Waals surface area contributed by atoms with Crippen molar-refractivity contribution in [3.05, 3.63) is 53.5 Å². The van der Waals surface area contributed by atoms with Crippen molar-refractivity contribution in [1.29, 1.82) is 5.26 Å². The molecule has 0 fully saturated rings. The molecule has 3 rings (SSSR count). The maximum Gasteiger partial charge on any atom is 0.379 e. The Hall–Kier alpha value is -4.02. The van der Waals surface area contributed by atoms with Crippen molar-refractivity contribution in [3.8, 4) is 17.6 Å². The predicted molar refractivity (Wildman–Crippen MR) is 117 cm³/mol. The molecule has 2 aromatic heterocycles. The van der Waals surface area contributed by atoms with Gasteiger partial charge in [-0.05, 0) is 35.9 Å². The number of rotatable bonds is 8. The minimum Gasteiger partial charge on any atom is -0.493 e. The summed E-state index contributed by atoms with van der Waals surface area (Å²) in [4.78, 5) is 28.3. The topological polar surface area (TPSA) is 161 Å². The molecular formula is C20H16N4O7S2. The first-order valence-electron chi connectivity index (χ1n) is 9.20. The number of anilines is 1. The second-order valence-electron chi connectivity index (χ2n) is 6.19.